The van der Waals surface area contributed by atoms with Gasteiger partial charge in [0.1, 0.15) is 0 Å². The van der Waals surface area contributed by atoms with Crippen molar-refractivity contribution in [2.45, 2.75) is 19.9 Å². The maximum Gasteiger partial charge on any atom is 0.223 e. The molecular weight excluding hydrogens is 262 g/mol. The SMILES string of the molecule is Cc1ccc(C(CNC(=O)C(C)C2CNC2)N(C)C)cc1. The fourth-order valence-corrected chi connectivity index (χ4v) is 2.62. The average molecular weight is 289 g/mol. The van der Waals surface area contributed by atoms with Crippen LogP contribution in [-0.2, 0) is 4.79 Å². The Balaban J connectivity index is 1.93. The summed E-state index contributed by atoms with van der Waals surface area (Å²) in [6.07, 6.45) is 0. The molecule has 2 N–H and O–H groups in total. The van der Waals surface area contributed by atoms with Crippen LogP contribution in [0.25, 0.3) is 0 Å². The predicted molar refractivity (Wildman–Crippen MR) is 86.1 cm³/mol. The molecule has 0 aliphatic carbocycles. The number of nitrogens with one attached hydrogen (secondary N) is 2. The van der Waals surface area contributed by atoms with Crippen LogP contribution in [0.1, 0.15) is 24.1 Å². The third-order valence-corrected chi connectivity index (χ3v) is 4.49. The lowest BCUT2D eigenvalue weighted by Gasteiger charge is -2.32. The fraction of sp³-hybridized carbons (Fsp3) is 0.588. The molecule has 21 heavy (non-hydrogen) atoms. The van der Waals surface area contributed by atoms with Gasteiger partial charge in [-0.15, -0.1) is 0 Å². The zero-order valence-corrected chi connectivity index (χ0v) is 13.5. The van der Waals surface area contributed by atoms with Crippen molar-refractivity contribution in [3.63, 3.8) is 0 Å². The standard InChI is InChI=1S/C17H27N3O/c1-12-5-7-14(8-6-12)16(20(3)4)11-19-17(21)13(2)15-9-18-10-15/h5-8,13,15-16,18H,9-11H2,1-4H3,(H,19,21). The second kappa shape index (κ2) is 7.05. The first-order valence-corrected chi connectivity index (χ1v) is 7.70. The molecule has 1 aliphatic heterocycles. The van der Waals surface area contributed by atoms with E-state index in [0.29, 0.717) is 12.5 Å². The van der Waals surface area contributed by atoms with Crippen molar-refractivity contribution in [3.05, 3.63) is 35.4 Å². The lowest BCUT2D eigenvalue weighted by atomic mass is 9.88. The highest BCUT2D eigenvalue weighted by molar-refractivity contribution is 5.78. The number of likely N-dealkylation sites (N-methyl/N-ethyl adjacent to an activating group) is 1. The molecule has 1 aliphatic rings. The Hall–Kier alpha value is -1.39. The number of aryl methyl sites for hydroxylation is 1. The summed E-state index contributed by atoms with van der Waals surface area (Å²) < 4.78 is 0. The number of benzene rings is 1. The van der Waals surface area contributed by atoms with E-state index in [1.54, 1.807) is 0 Å². The second-order valence-corrected chi connectivity index (χ2v) is 6.34. The molecule has 2 atom stereocenters. The van der Waals surface area contributed by atoms with Crippen LogP contribution in [0.4, 0.5) is 0 Å². The molecule has 2 rings (SSSR count). The van der Waals surface area contributed by atoms with Crippen LogP contribution in [0.5, 0.6) is 0 Å². The highest BCUT2D eigenvalue weighted by Gasteiger charge is 2.29. The molecule has 0 spiro atoms. The minimum atomic E-state index is 0.0899. The predicted octanol–water partition coefficient (Wildman–Crippen LogP) is 1.57. The number of hydrogen-bond donors (Lipinski definition) is 2. The Kier molecular flexibility index (Phi) is 5.37. The lowest BCUT2D eigenvalue weighted by Crippen LogP contribution is -2.50. The minimum Gasteiger partial charge on any atom is -0.354 e. The average Bonchev–Trinajstić information content (AvgIpc) is 2.38. The summed E-state index contributed by atoms with van der Waals surface area (Å²) in [6.45, 7) is 6.69. The number of carbonyl (C=O) groups is 1. The maximum atomic E-state index is 12.2. The summed E-state index contributed by atoms with van der Waals surface area (Å²) in [7, 11) is 4.10. The molecule has 0 radical (unpaired) electrons. The Bertz CT molecular complexity index is 465. The van der Waals surface area contributed by atoms with Gasteiger partial charge in [0.2, 0.25) is 5.91 Å². The highest BCUT2D eigenvalue weighted by atomic mass is 16.1. The van der Waals surface area contributed by atoms with E-state index in [0.717, 1.165) is 13.1 Å². The summed E-state index contributed by atoms with van der Waals surface area (Å²) in [5.41, 5.74) is 2.50. The molecule has 0 saturated carbocycles. The van der Waals surface area contributed by atoms with Gasteiger partial charge in [0.05, 0.1) is 6.04 Å². The fourth-order valence-electron chi connectivity index (χ4n) is 2.62. The van der Waals surface area contributed by atoms with Crippen molar-refractivity contribution in [1.29, 1.82) is 0 Å². The summed E-state index contributed by atoms with van der Waals surface area (Å²) in [5, 5.41) is 6.34. The third-order valence-electron chi connectivity index (χ3n) is 4.49. The van der Waals surface area contributed by atoms with E-state index >= 15 is 0 Å². The zero-order chi connectivity index (χ0) is 15.4. The number of hydrogen-bond acceptors (Lipinski definition) is 3. The van der Waals surface area contributed by atoms with Gasteiger partial charge in [0, 0.05) is 12.5 Å². The molecule has 4 nitrogen and oxygen atoms in total. The van der Waals surface area contributed by atoms with Crippen LogP contribution in [0.3, 0.4) is 0 Å². The van der Waals surface area contributed by atoms with Crippen molar-refractivity contribution in [3.8, 4) is 0 Å². The summed E-state index contributed by atoms with van der Waals surface area (Å²) in [5.74, 6) is 0.745. The molecule has 0 bridgehead atoms. The van der Waals surface area contributed by atoms with Crippen LogP contribution in [0.15, 0.2) is 24.3 Å². The first kappa shape index (κ1) is 16.0. The van der Waals surface area contributed by atoms with Crippen LogP contribution in [-0.4, -0.2) is 44.5 Å². The van der Waals surface area contributed by atoms with Gasteiger partial charge in [-0.1, -0.05) is 36.8 Å². The van der Waals surface area contributed by atoms with Crippen LogP contribution < -0.4 is 10.6 Å². The first-order valence-electron chi connectivity index (χ1n) is 7.70. The van der Waals surface area contributed by atoms with E-state index in [1.165, 1.54) is 11.1 Å². The Morgan fingerprint density at radius 2 is 1.95 bits per heavy atom. The van der Waals surface area contributed by atoms with Crippen LogP contribution in [0, 0.1) is 18.8 Å². The van der Waals surface area contributed by atoms with Gasteiger partial charge in [-0.25, -0.2) is 0 Å². The van der Waals surface area contributed by atoms with Gasteiger partial charge < -0.3 is 15.5 Å². The number of amides is 1. The molecule has 1 amide bonds. The van der Waals surface area contributed by atoms with Gasteiger partial charge in [-0.3, -0.25) is 4.79 Å². The molecule has 1 heterocycles. The molecule has 116 valence electrons. The number of carbonyl (C=O) groups excluding carboxylic acids is 1. The summed E-state index contributed by atoms with van der Waals surface area (Å²) in [4.78, 5) is 14.4. The minimum absolute atomic E-state index is 0.0899. The highest BCUT2D eigenvalue weighted by Crippen LogP contribution is 2.19. The first-order chi connectivity index (χ1) is 9.99. The van der Waals surface area contributed by atoms with Crippen LogP contribution in [0.2, 0.25) is 0 Å². The van der Waals surface area contributed by atoms with E-state index in [-0.39, 0.29) is 17.9 Å². The van der Waals surface area contributed by atoms with E-state index in [1.807, 2.05) is 6.92 Å². The normalized spacial score (nSPS) is 18.1. The van der Waals surface area contributed by atoms with Gasteiger partial charge in [-0.05, 0) is 45.6 Å². The number of rotatable bonds is 6. The van der Waals surface area contributed by atoms with Crippen molar-refractivity contribution in [1.82, 2.24) is 15.5 Å². The summed E-state index contributed by atoms with van der Waals surface area (Å²) >= 11 is 0. The third kappa shape index (κ3) is 4.05. The van der Waals surface area contributed by atoms with Gasteiger partial charge in [0.25, 0.3) is 0 Å². The second-order valence-electron chi connectivity index (χ2n) is 6.34. The quantitative estimate of drug-likeness (QED) is 0.835. The topological polar surface area (TPSA) is 44.4 Å². The maximum absolute atomic E-state index is 12.2. The lowest BCUT2D eigenvalue weighted by molar-refractivity contribution is -0.126. The van der Waals surface area contributed by atoms with Crippen molar-refractivity contribution < 1.29 is 4.79 Å². The molecular formula is C17H27N3O. The Morgan fingerprint density at radius 3 is 2.43 bits per heavy atom. The zero-order valence-electron chi connectivity index (χ0n) is 13.5. The van der Waals surface area contributed by atoms with Gasteiger partial charge >= 0.3 is 0 Å². The molecule has 2 unspecified atom stereocenters. The van der Waals surface area contributed by atoms with Crippen molar-refractivity contribution >= 4 is 5.91 Å². The molecule has 1 fully saturated rings. The summed E-state index contributed by atoms with van der Waals surface area (Å²) in [6, 6.07) is 8.74. The molecule has 1 aromatic rings. The monoisotopic (exact) mass is 289 g/mol. The largest absolute Gasteiger partial charge is 0.354 e. The van der Waals surface area contributed by atoms with Crippen LogP contribution >= 0.6 is 0 Å². The van der Waals surface area contributed by atoms with E-state index in [9.17, 15) is 4.79 Å². The van der Waals surface area contributed by atoms with Crippen molar-refractivity contribution in [2.24, 2.45) is 11.8 Å². The van der Waals surface area contributed by atoms with Gasteiger partial charge in [-0.2, -0.15) is 0 Å². The molecule has 0 aromatic heterocycles. The molecule has 1 aromatic carbocycles. The number of nitrogens with zero attached hydrogens (tertiary/aromatic N) is 1. The van der Waals surface area contributed by atoms with E-state index < -0.39 is 0 Å². The molecule has 4 heteroatoms. The van der Waals surface area contributed by atoms with Crippen molar-refractivity contribution in [2.75, 3.05) is 33.7 Å². The Labute approximate surface area is 127 Å². The smallest absolute Gasteiger partial charge is 0.223 e. The van der Waals surface area contributed by atoms with Gasteiger partial charge in [0.15, 0.2) is 0 Å². The van der Waals surface area contributed by atoms with E-state index in [2.05, 4.69) is 60.8 Å². The Morgan fingerprint density at radius 1 is 1.33 bits per heavy atom. The van der Waals surface area contributed by atoms with E-state index in [4.69, 9.17) is 0 Å². The molecule has 1 saturated heterocycles.